The number of hydrogen-bond acceptors (Lipinski definition) is 1. The van der Waals surface area contributed by atoms with E-state index < -0.39 is 0 Å². The fourth-order valence-electron chi connectivity index (χ4n) is 5.25. The minimum atomic E-state index is -0.202. The molecule has 1 aromatic heterocycles. The van der Waals surface area contributed by atoms with Crippen LogP contribution in [-0.4, -0.2) is 0 Å². The quantitative estimate of drug-likeness (QED) is 0.204. The molecular weight excluding hydrogens is 373 g/mol. The van der Waals surface area contributed by atoms with Crippen LogP contribution in [0.3, 0.4) is 0 Å². The topological polar surface area (TPSA) is 13.1 Å². The van der Waals surface area contributed by atoms with Crippen LogP contribution in [0, 0.1) is 26.6 Å². The highest BCUT2D eigenvalue weighted by molar-refractivity contribution is 6.16. The van der Waals surface area contributed by atoms with Crippen LogP contribution in [-0.2, 0) is 7.05 Å². The van der Waals surface area contributed by atoms with Gasteiger partial charge >= 0.3 is 0 Å². The van der Waals surface area contributed by atoms with Gasteiger partial charge in [0, 0.05) is 22.4 Å². The first-order valence-corrected chi connectivity index (χ1v) is 10.2. The lowest BCUT2D eigenvalue weighted by atomic mass is 9.87. The molecule has 0 unspecified atom stereocenters. The van der Waals surface area contributed by atoms with Crippen molar-refractivity contribution in [3.63, 3.8) is 0 Å². The average molecular weight is 394 g/mol. The first kappa shape index (κ1) is 17.4. The number of benzene rings is 4. The van der Waals surface area contributed by atoms with Crippen molar-refractivity contribution in [3.8, 4) is 22.8 Å². The molecule has 0 atom stereocenters. The fourth-order valence-corrected chi connectivity index (χ4v) is 5.25. The second-order valence-electron chi connectivity index (χ2n) is 8.33. The van der Waals surface area contributed by atoms with Crippen molar-refractivity contribution in [2.45, 2.75) is 20.8 Å². The predicted octanol–water partition coefficient (Wildman–Crippen LogP) is 6.81. The third-order valence-electron chi connectivity index (χ3n) is 6.62. The van der Waals surface area contributed by atoms with Crippen molar-refractivity contribution < 1.29 is 13.7 Å². The Kier molecular flexibility index (Phi) is 3.36. The van der Waals surface area contributed by atoms with Crippen LogP contribution in [0.4, 0.5) is 4.39 Å². The summed E-state index contributed by atoms with van der Waals surface area (Å²) in [5, 5.41) is 5.85. The highest BCUT2D eigenvalue weighted by atomic mass is 19.1. The van der Waals surface area contributed by atoms with Gasteiger partial charge in [0.15, 0.2) is 6.20 Å². The lowest BCUT2D eigenvalue weighted by molar-refractivity contribution is -0.659. The first-order valence-electron chi connectivity index (χ1n) is 10.2. The van der Waals surface area contributed by atoms with Crippen molar-refractivity contribution in [1.82, 2.24) is 0 Å². The Balaban J connectivity index is 1.88. The van der Waals surface area contributed by atoms with E-state index in [2.05, 4.69) is 50.6 Å². The maximum atomic E-state index is 14.8. The molecule has 0 saturated heterocycles. The lowest BCUT2D eigenvalue weighted by Crippen LogP contribution is -2.32. The normalized spacial score (nSPS) is 12.4. The monoisotopic (exact) mass is 394 g/mol. The third-order valence-corrected chi connectivity index (χ3v) is 6.62. The van der Waals surface area contributed by atoms with Gasteiger partial charge in [-0.2, -0.15) is 0 Å². The summed E-state index contributed by atoms with van der Waals surface area (Å²) in [5.74, 6) is 1.49. The van der Waals surface area contributed by atoms with E-state index in [1.807, 2.05) is 24.4 Å². The Hall–Kier alpha value is -3.46. The molecule has 0 N–H and O–H groups in total. The number of rotatable bonds is 0. The number of hydrogen-bond donors (Lipinski definition) is 0. The molecule has 1 aliphatic rings. The minimum Gasteiger partial charge on any atom is -0.455 e. The second-order valence-corrected chi connectivity index (χ2v) is 8.33. The lowest BCUT2D eigenvalue weighted by Gasteiger charge is -2.25. The van der Waals surface area contributed by atoms with Crippen molar-refractivity contribution in [3.05, 3.63) is 77.2 Å². The van der Waals surface area contributed by atoms with E-state index >= 15 is 0 Å². The number of fused-ring (bicyclic) bond motifs is 5. The van der Waals surface area contributed by atoms with Crippen LogP contribution in [0.5, 0.6) is 11.5 Å². The largest absolute Gasteiger partial charge is 0.455 e. The van der Waals surface area contributed by atoms with Gasteiger partial charge < -0.3 is 4.74 Å². The molecule has 0 saturated carbocycles. The molecule has 30 heavy (non-hydrogen) atoms. The van der Waals surface area contributed by atoms with Gasteiger partial charge in [0.2, 0.25) is 5.69 Å². The van der Waals surface area contributed by atoms with E-state index in [0.717, 1.165) is 44.5 Å². The summed E-state index contributed by atoms with van der Waals surface area (Å²) in [6.07, 6.45) is 2.03. The van der Waals surface area contributed by atoms with Crippen LogP contribution in [0.2, 0.25) is 0 Å². The van der Waals surface area contributed by atoms with E-state index in [1.54, 1.807) is 6.07 Å². The van der Waals surface area contributed by atoms with Gasteiger partial charge in [-0.15, -0.1) is 0 Å². The molecule has 3 heteroatoms. The summed E-state index contributed by atoms with van der Waals surface area (Å²) < 4.78 is 23.6. The molecule has 0 amide bonds. The molecule has 4 aromatic carbocycles. The van der Waals surface area contributed by atoms with Gasteiger partial charge in [-0.1, -0.05) is 30.3 Å². The number of halogens is 1. The number of ether oxygens (including phenoxy) is 1. The molecule has 2 nitrogen and oxygen atoms in total. The molecule has 0 aliphatic carbocycles. The van der Waals surface area contributed by atoms with Crippen molar-refractivity contribution in [2.75, 3.05) is 0 Å². The highest BCUT2D eigenvalue weighted by Crippen LogP contribution is 2.52. The van der Waals surface area contributed by atoms with Gasteiger partial charge in [0.05, 0.1) is 10.9 Å². The van der Waals surface area contributed by atoms with Gasteiger partial charge in [0.1, 0.15) is 24.4 Å². The average Bonchev–Trinajstić information content (AvgIpc) is 2.73. The summed E-state index contributed by atoms with van der Waals surface area (Å²) in [4.78, 5) is 0. The Morgan fingerprint density at radius 3 is 2.47 bits per heavy atom. The summed E-state index contributed by atoms with van der Waals surface area (Å²) in [7, 11) is 2.05. The van der Waals surface area contributed by atoms with Gasteiger partial charge in [-0.25, -0.2) is 8.96 Å². The number of aromatic nitrogens is 1. The fraction of sp³-hybridized carbons (Fsp3) is 0.148. The predicted molar refractivity (Wildman–Crippen MR) is 120 cm³/mol. The smallest absolute Gasteiger partial charge is 0.228 e. The molecular formula is C27H21FNO+. The molecule has 146 valence electrons. The summed E-state index contributed by atoms with van der Waals surface area (Å²) in [5.41, 5.74) is 5.76. The van der Waals surface area contributed by atoms with Crippen LogP contribution >= 0.6 is 0 Å². The molecule has 0 fully saturated rings. The zero-order chi connectivity index (χ0) is 20.7. The SMILES string of the molecule is Cc1c2c(c(C)c3c(C)cccc13)Oc1cc3cccc(F)c3c3cc[n+](C)c-2c13. The molecule has 0 spiro atoms. The number of aryl methyl sites for hydroxylation is 4. The van der Waals surface area contributed by atoms with E-state index in [-0.39, 0.29) is 5.82 Å². The molecule has 0 radical (unpaired) electrons. The summed E-state index contributed by atoms with van der Waals surface area (Å²) in [6, 6.07) is 15.6. The highest BCUT2D eigenvalue weighted by Gasteiger charge is 2.33. The standard InChI is InChI=1S/C27H21FNO/c1-14-7-5-9-18-15(2)23-26-25-19(11-12-29(26)4)24-17(8-6-10-20(24)28)13-21(25)30-27(23)16(3)22(14)18/h5-13H,1-4H3/q+1. The minimum absolute atomic E-state index is 0.202. The van der Waals surface area contributed by atoms with E-state index in [1.165, 1.54) is 28.0 Å². The zero-order valence-electron chi connectivity index (χ0n) is 17.4. The Morgan fingerprint density at radius 1 is 0.833 bits per heavy atom. The first-order chi connectivity index (χ1) is 14.5. The van der Waals surface area contributed by atoms with Gasteiger partial charge in [0.25, 0.3) is 0 Å². The maximum absolute atomic E-state index is 14.8. The molecule has 1 aliphatic heterocycles. The van der Waals surface area contributed by atoms with E-state index in [4.69, 9.17) is 4.74 Å². The van der Waals surface area contributed by atoms with Gasteiger partial charge in [-0.3, -0.25) is 0 Å². The van der Waals surface area contributed by atoms with Crippen LogP contribution in [0.1, 0.15) is 16.7 Å². The van der Waals surface area contributed by atoms with E-state index in [0.29, 0.717) is 5.39 Å². The number of pyridine rings is 1. The Labute approximate surface area is 174 Å². The molecule has 2 heterocycles. The van der Waals surface area contributed by atoms with Crippen LogP contribution in [0.15, 0.2) is 54.7 Å². The third kappa shape index (κ3) is 2.05. The van der Waals surface area contributed by atoms with Crippen molar-refractivity contribution in [2.24, 2.45) is 7.05 Å². The van der Waals surface area contributed by atoms with Crippen LogP contribution < -0.4 is 9.30 Å². The van der Waals surface area contributed by atoms with Crippen molar-refractivity contribution in [1.29, 1.82) is 0 Å². The Bertz CT molecular complexity index is 1570. The Morgan fingerprint density at radius 2 is 1.63 bits per heavy atom. The number of nitrogens with zero attached hydrogens (tertiary/aromatic N) is 1. The zero-order valence-corrected chi connectivity index (χ0v) is 17.4. The second kappa shape index (κ2) is 5.79. The molecule has 6 rings (SSSR count). The van der Waals surface area contributed by atoms with Crippen LogP contribution in [0.25, 0.3) is 43.6 Å². The molecule has 0 bridgehead atoms. The van der Waals surface area contributed by atoms with Gasteiger partial charge in [-0.05, 0) is 60.2 Å². The summed E-state index contributed by atoms with van der Waals surface area (Å²) >= 11 is 0. The molecule has 5 aromatic rings. The van der Waals surface area contributed by atoms with Crippen molar-refractivity contribution >= 4 is 32.3 Å². The maximum Gasteiger partial charge on any atom is 0.228 e. The summed E-state index contributed by atoms with van der Waals surface area (Å²) in [6.45, 7) is 6.45. The van der Waals surface area contributed by atoms with E-state index in [9.17, 15) is 4.39 Å².